The average Bonchev–Trinajstić information content (AvgIpc) is 2.68. The molecule has 2 aliphatic rings. The Bertz CT molecular complexity index is 359. The first-order valence-electron chi connectivity index (χ1n) is 7.37. The molecule has 0 spiro atoms. The highest BCUT2D eigenvalue weighted by Crippen LogP contribution is 2.35. The third-order valence-corrected chi connectivity index (χ3v) is 4.10. The van der Waals surface area contributed by atoms with Crippen molar-refractivity contribution in [2.45, 2.75) is 57.7 Å². The van der Waals surface area contributed by atoms with Gasteiger partial charge in [-0.2, -0.15) is 0 Å². The largest absolute Gasteiger partial charge is 0.460 e. The molecule has 0 amide bonds. The number of hydrogen-bond acceptors (Lipinski definition) is 3. The minimum absolute atomic E-state index is 0.00683. The van der Waals surface area contributed by atoms with Gasteiger partial charge in [-0.3, -0.25) is 0 Å². The molecule has 1 aliphatic carbocycles. The smallest absolute Gasteiger partial charge is 0.330 e. The van der Waals surface area contributed by atoms with Crippen molar-refractivity contribution < 1.29 is 14.6 Å². The van der Waals surface area contributed by atoms with E-state index < -0.39 is 0 Å². The van der Waals surface area contributed by atoms with Gasteiger partial charge in [-0.15, -0.1) is 0 Å². The zero-order valence-corrected chi connectivity index (χ0v) is 11.6. The first-order chi connectivity index (χ1) is 9.15. The molecular weight excluding hydrogens is 240 g/mol. The predicted octanol–water partition coefficient (Wildman–Crippen LogP) is 2.99. The number of aliphatic hydroxyl groups excluding tert-OH is 1. The van der Waals surface area contributed by atoms with Crippen LogP contribution in [0, 0.1) is 11.8 Å². The molecule has 1 saturated carbocycles. The minimum Gasteiger partial charge on any atom is -0.460 e. The third kappa shape index (κ3) is 4.50. The zero-order chi connectivity index (χ0) is 13.7. The van der Waals surface area contributed by atoms with E-state index in [4.69, 9.17) is 4.74 Å². The fourth-order valence-corrected chi connectivity index (χ4v) is 3.06. The van der Waals surface area contributed by atoms with Gasteiger partial charge in [0.15, 0.2) is 0 Å². The van der Waals surface area contributed by atoms with Crippen molar-refractivity contribution in [2.24, 2.45) is 11.8 Å². The predicted molar refractivity (Wildman–Crippen MR) is 74.5 cm³/mol. The normalized spacial score (nSPS) is 40.2. The van der Waals surface area contributed by atoms with E-state index in [9.17, 15) is 9.90 Å². The highest BCUT2D eigenvalue weighted by Gasteiger charge is 2.30. The fraction of sp³-hybridized carbons (Fsp3) is 0.688. The van der Waals surface area contributed by atoms with Crippen molar-refractivity contribution in [1.29, 1.82) is 0 Å². The number of ether oxygens (including phenoxy) is 1. The molecule has 1 N–H and O–H groups in total. The second-order valence-electron chi connectivity index (χ2n) is 5.79. The Morgan fingerprint density at radius 2 is 2.16 bits per heavy atom. The van der Waals surface area contributed by atoms with Gasteiger partial charge in [0.05, 0.1) is 12.2 Å². The molecule has 4 atom stereocenters. The molecule has 0 aromatic rings. The van der Waals surface area contributed by atoms with Crippen LogP contribution < -0.4 is 0 Å². The van der Waals surface area contributed by atoms with Crippen LogP contribution in [-0.4, -0.2) is 23.3 Å². The van der Waals surface area contributed by atoms with Gasteiger partial charge in [0.25, 0.3) is 0 Å². The Kier molecular flexibility index (Phi) is 5.20. The molecule has 3 heteroatoms. The number of hydrogen-bond donors (Lipinski definition) is 1. The monoisotopic (exact) mass is 264 g/mol. The summed E-state index contributed by atoms with van der Waals surface area (Å²) >= 11 is 0. The highest BCUT2D eigenvalue weighted by atomic mass is 16.5. The van der Waals surface area contributed by atoms with Gasteiger partial charge < -0.3 is 9.84 Å². The molecule has 106 valence electrons. The van der Waals surface area contributed by atoms with Crippen LogP contribution in [0.25, 0.3) is 0 Å². The summed E-state index contributed by atoms with van der Waals surface area (Å²) in [5.41, 5.74) is 0. The number of fused-ring (bicyclic) bond motifs is 1. The second kappa shape index (κ2) is 6.90. The highest BCUT2D eigenvalue weighted by molar-refractivity contribution is 5.82. The molecule has 1 aliphatic heterocycles. The summed E-state index contributed by atoms with van der Waals surface area (Å²) < 4.78 is 5.30. The SMILES string of the molecule is CC1CCC/C=C/C2C[C@H](O)CC2C/C=C/C(=O)O1. The van der Waals surface area contributed by atoms with Gasteiger partial charge in [-0.1, -0.05) is 18.2 Å². The number of aliphatic hydroxyl groups is 1. The summed E-state index contributed by atoms with van der Waals surface area (Å²) in [7, 11) is 0. The summed E-state index contributed by atoms with van der Waals surface area (Å²) in [6.45, 7) is 1.94. The lowest BCUT2D eigenvalue weighted by molar-refractivity contribution is -0.142. The Morgan fingerprint density at radius 3 is 3.00 bits per heavy atom. The Morgan fingerprint density at radius 1 is 1.32 bits per heavy atom. The summed E-state index contributed by atoms with van der Waals surface area (Å²) in [6.07, 6.45) is 13.2. The van der Waals surface area contributed by atoms with Crippen molar-refractivity contribution >= 4 is 5.97 Å². The fourth-order valence-electron chi connectivity index (χ4n) is 3.06. The van der Waals surface area contributed by atoms with Crippen LogP contribution in [0.5, 0.6) is 0 Å². The van der Waals surface area contributed by atoms with Gasteiger partial charge in [-0.05, 0) is 57.3 Å². The molecule has 0 aromatic carbocycles. The average molecular weight is 264 g/mol. The number of carbonyl (C=O) groups excluding carboxylic acids is 1. The lowest BCUT2D eigenvalue weighted by Crippen LogP contribution is -2.12. The van der Waals surface area contributed by atoms with Crippen LogP contribution in [0.1, 0.15) is 45.4 Å². The summed E-state index contributed by atoms with van der Waals surface area (Å²) in [6, 6.07) is 0. The van der Waals surface area contributed by atoms with Gasteiger partial charge in [-0.25, -0.2) is 4.79 Å². The van der Waals surface area contributed by atoms with Crippen LogP contribution in [0.3, 0.4) is 0 Å². The van der Waals surface area contributed by atoms with Crippen LogP contribution in [-0.2, 0) is 9.53 Å². The van der Waals surface area contributed by atoms with E-state index in [0.29, 0.717) is 11.8 Å². The van der Waals surface area contributed by atoms with E-state index in [2.05, 4.69) is 12.2 Å². The maximum atomic E-state index is 11.6. The zero-order valence-electron chi connectivity index (χ0n) is 11.6. The summed E-state index contributed by atoms with van der Waals surface area (Å²) in [5, 5.41) is 9.78. The van der Waals surface area contributed by atoms with Crippen molar-refractivity contribution in [3.63, 3.8) is 0 Å². The van der Waals surface area contributed by atoms with E-state index in [-0.39, 0.29) is 18.2 Å². The van der Waals surface area contributed by atoms with Gasteiger partial charge in [0.1, 0.15) is 0 Å². The van der Waals surface area contributed by atoms with Crippen LogP contribution >= 0.6 is 0 Å². The lowest BCUT2D eigenvalue weighted by Gasteiger charge is -2.13. The molecule has 1 fully saturated rings. The molecule has 19 heavy (non-hydrogen) atoms. The van der Waals surface area contributed by atoms with E-state index in [1.165, 1.54) is 0 Å². The molecular formula is C16H24O3. The maximum Gasteiger partial charge on any atom is 0.330 e. The topological polar surface area (TPSA) is 46.5 Å². The Labute approximate surface area is 115 Å². The number of rotatable bonds is 0. The summed E-state index contributed by atoms with van der Waals surface area (Å²) in [5.74, 6) is 0.664. The maximum absolute atomic E-state index is 11.6. The number of cyclic esters (lactones) is 1. The second-order valence-corrected chi connectivity index (χ2v) is 5.79. The molecule has 2 rings (SSSR count). The number of carbonyl (C=O) groups is 1. The lowest BCUT2D eigenvalue weighted by atomic mass is 9.92. The van der Waals surface area contributed by atoms with Crippen LogP contribution in [0.4, 0.5) is 0 Å². The van der Waals surface area contributed by atoms with E-state index in [0.717, 1.165) is 38.5 Å². The van der Waals surface area contributed by atoms with Crippen molar-refractivity contribution in [1.82, 2.24) is 0 Å². The van der Waals surface area contributed by atoms with E-state index in [1.807, 2.05) is 13.0 Å². The number of esters is 1. The molecule has 0 radical (unpaired) electrons. The van der Waals surface area contributed by atoms with Crippen molar-refractivity contribution in [3.05, 3.63) is 24.3 Å². The summed E-state index contributed by atoms with van der Waals surface area (Å²) in [4.78, 5) is 11.6. The van der Waals surface area contributed by atoms with Gasteiger partial charge in [0.2, 0.25) is 0 Å². The first-order valence-corrected chi connectivity index (χ1v) is 7.37. The van der Waals surface area contributed by atoms with Gasteiger partial charge >= 0.3 is 5.97 Å². The minimum atomic E-state index is -0.241. The molecule has 3 nitrogen and oxygen atoms in total. The van der Waals surface area contributed by atoms with Crippen molar-refractivity contribution in [2.75, 3.05) is 0 Å². The third-order valence-electron chi connectivity index (χ3n) is 4.10. The van der Waals surface area contributed by atoms with Gasteiger partial charge in [0, 0.05) is 6.08 Å². The van der Waals surface area contributed by atoms with Crippen LogP contribution in [0.15, 0.2) is 24.3 Å². The molecule has 0 aromatic heterocycles. The molecule has 3 unspecified atom stereocenters. The van der Waals surface area contributed by atoms with E-state index >= 15 is 0 Å². The molecule has 1 heterocycles. The van der Waals surface area contributed by atoms with Crippen molar-refractivity contribution in [3.8, 4) is 0 Å². The Balaban J connectivity index is 2.02. The number of allylic oxidation sites excluding steroid dienone is 3. The molecule has 0 bridgehead atoms. The van der Waals surface area contributed by atoms with Crippen LogP contribution in [0.2, 0.25) is 0 Å². The molecule has 0 saturated heterocycles. The Hall–Kier alpha value is -1.09. The quantitative estimate of drug-likeness (QED) is 0.540. The van der Waals surface area contributed by atoms with E-state index in [1.54, 1.807) is 6.08 Å². The first kappa shape index (κ1) is 14.3. The standard InChI is InChI=1S/C16H24O3/c1-12-6-3-2-4-7-13-10-15(17)11-14(13)8-5-9-16(18)19-12/h4-5,7,9,12-15,17H,2-3,6,8,10-11H2,1H3/b7-4+,9-5+/t12?,13?,14?,15-/m0/s1.